The first-order valence-corrected chi connectivity index (χ1v) is 10.1. The van der Waals surface area contributed by atoms with Crippen LogP contribution in [0, 0.1) is 11.3 Å². The zero-order valence-corrected chi connectivity index (χ0v) is 17.9. The van der Waals surface area contributed by atoms with Crippen LogP contribution in [0.3, 0.4) is 0 Å². The molecule has 0 aliphatic heterocycles. The van der Waals surface area contributed by atoms with Gasteiger partial charge in [-0.1, -0.05) is 26.0 Å². The zero-order chi connectivity index (χ0) is 21.7. The molecule has 2 heterocycles. The van der Waals surface area contributed by atoms with E-state index >= 15 is 0 Å². The molecule has 6 heteroatoms. The highest BCUT2D eigenvalue weighted by Gasteiger charge is 2.17. The Morgan fingerprint density at radius 1 is 1.03 bits per heavy atom. The molecule has 0 spiro atoms. The summed E-state index contributed by atoms with van der Waals surface area (Å²) >= 11 is 0. The van der Waals surface area contributed by atoms with Crippen LogP contribution in [0.15, 0.2) is 42.7 Å². The van der Waals surface area contributed by atoms with Gasteiger partial charge in [-0.25, -0.2) is 19.9 Å². The van der Waals surface area contributed by atoms with E-state index in [-0.39, 0.29) is 5.92 Å². The van der Waals surface area contributed by atoms with Gasteiger partial charge in [0.05, 0.1) is 28.6 Å². The van der Waals surface area contributed by atoms with Crippen molar-refractivity contribution in [3.63, 3.8) is 0 Å². The highest BCUT2D eigenvalue weighted by Crippen LogP contribution is 2.26. The second kappa shape index (κ2) is 9.10. The summed E-state index contributed by atoms with van der Waals surface area (Å²) in [6.07, 6.45) is 5.40. The van der Waals surface area contributed by atoms with Gasteiger partial charge in [0.15, 0.2) is 0 Å². The summed E-state index contributed by atoms with van der Waals surface area (Å²) in [7, 11) is 0. The van der Waals surface area contributed by atoms with Gasteiger partial charge in [-0.05, 0) is 49.9 Å². The predicted octanol–water partition coefficient (Wildman–Crippen LogP) is 4.22. The van der Waals surface area contributed by atoms with Crippen molar-refractivity contribution in [3.05, 3.63) is 71.2 Å². The number of aliphatic hydroxyl groups is 1. The normalized spacial score (nSPS) is 11.5. The second-order valence-electron chi connectivity index (χ2n) is 8.40. The fourth-order valence-corrected chi connectivity index (χ4v) is 3.12. The van der Waals surface area contributed by atoms with Gasteiger partial charge >= 0.3 is 0 Å². The van der Waals surface area contributed by atoms with Gasteiger partial charge in [-0.3, -0.25) is 0 Å². The molecule has 1 aromatic carbocycles. The molecule has 154 valence electrons. The van der Waals surface area contributed by atoms with E-state index in [9.17, 15) is 5.11 Å². The second-order valence-corrected chi connectivity index (χ2v) is 8.40. The largest absolute Gasteiger partial charge is 0.390 e. The molecule has 3 rings (SSSR count). The Balaban J connectivity index is 1.87. The van der Waals surface area contributed by atoms with Gasteiger partial charge in [0.1, 0.15) is 11.6 Å². The quantitative estimate of drug-likeness (QED) is 0.637. The van der Waals surface area contributed by atoms with Crippen molar-refractivity contribution in [1.29, 1.82) is 5.26 Å². The summed E-state index contributed by atoms with van der Waals surface area (Å²) in [6, 6.07) is 11.5. The third kappa shape index (κ3) is 5.68. The zero-order valence-electron chi connectivity index (χ0n) is 17.9. The molecule has 0 atom stereocenters. The SMILES string of the molecule is CC(C)c1nc(CCC(C)(C)O)ncc1-c1ccnc(Cc2ccc(C#N)cc2)n1. The first-order chi connectivity index (χ1) is 14.2. The van der Waals surface area contributed by atoms with E-state index in [1.165, 1.54) is 0 Å². The first-order valence-electron chi connectivity index (χ1n) is 10.1. The summed E-state index contributed by atoms with van der Waals surface area (Å²) < 4.78 is 0. The number of rotatable bonds is 7. The first kappa shape index (κ1) is 21.5. The number of aromatic nitrogens is 4. The highest BCUT2D eigenvalue weighted by molar-refractivity contribution is 5.61. The van der Waals surface area contributed by atoms with Crippen LogP contribution in [0.25, 0.3) is 11.3 Å². The standard InChI is InChI=1S/C24H27N5O/c1-16(2)23-19(15-27-21(29-23)9-11-24(3,4)30)20-10-12-26-22(28-20)13-17-5-7-18(14-25)8-6-17/h5-8,10,12,15-16,30H,9,11,13H2,1-4H3. The molecule has 0 bridgehead atoms. The van der Waals surface area contributed by atoms with Crippen LogP contribution >= 0.6 is 0 Å². The fraction of sp³-hybridized carbons (Fsp3) is 0.375. The molecule has 6 nitrogen and oxygen atoms in total. The van der Waals surface area contributed by atoms with Crippen LogP contribution in [-0.2, 0) is 12.8 Å². The maximum Gasteiger partial charge on any atom is 0.133 e. The molecule has 0 aliphatic carbocycles. The number of aryl methyl sites for hydroxylation is 1. The topological polar surface area (TPSA) is 95.6 Å². The summed E-state index contributed by atoms with van der Waals surface area (Å²) in [4.78, 5) is 18.4. The van der Waals surface area contributed by atoms with Crippen LogP contribution in [0.4, 0.5) is 0 Å². The Morgan fingerprint density at radius 3 is 2.40 bits per heavy atom. The Kier molecular flexibility index (Phi) is 6.53. The van der Waals surface area contributed by atoms with Crippen molar-refractivity contribution in [2.45, 2.75) is 58.5 Å². The minimum atomic E-state index is -0.743. The van der Waals surface area contributed by atoms with Crippen molar-refractivity contribution in [2.24, 2.45) is 0 Å². The lowest BCUT2D eigenvalue weighted by molar-refractivity contribution is 0.0708. The van der Waals surface area contributed by atoms with E-state index in [4.69, 9.17) is 15.2 Å². The lowest BCUT2D eigenvalue weighted by atomic mass is 10.0. The third-order valence-electron chi connectivity index (χ3n) is 4.80. The van der Waals surface area contributed by atoms with Gasteiger partial charge in [0.2, 0.25) is 0 Å². The molecule has 30 heavy (non-hydrogen) atoms. The predicted molar refractivity (Wildman–Crippen MR) is 116 cm³/mol. The van der Waals surface area contributed by atoms with E-state index in [2.05, 4.69) is 29.9 Å². The summed E-state index contributed by atoms with van der Waals surface area (Å²) in [5, 5.41) is 18.9. The molecular formula is C24H27N5O. The molecule has 3 aromatic rings. The van der Waals surface area contributed by atoms with Crippen molar-refractivity contribution in [3.8, 4) is 17.3 Å². The van der Waals surface area contributed by atoms with Crippen LogP contribution in [0.1, 0.15) is 68.5 Å². The molecule has 2 aromatic heterocycles. The van der Waals surface area contributed by atoms with Gasteiger partial charge in [-0.15, -0.1) is 0 Å². The molecule has 0 radical (unpaired) electrons. The summed E-state index contributed by atoms with van der Waals surface area (Å²) in [6.45, 7) is 7.79. The lowest BCUT2D eigenvalue weighted by Crippen LogP contribution is -2.20. The van der Waals surface area contributed by atoms with Gasteiger partial charge in [-0.2, -0.15) is 5.26 Å². The van der Waals surface area contributed by atoms with Gasteiger partial charge < -0.3 is 5.11 Å². The van der Waals surface area contributed by atoms with E-state index in [1.54, 1.807) is 32.2 Å². The van der Waals surface area contributed by atoms with E-state index in [1.807, 2.05) is 24.4 Å². The monoisotopic (exact) mass is 401 g/mol. The van der Waals surface area contributed by atoms with Crippen molar-refractivity contribution in [2.75, 3.05) is 0 Å². The molecule has 1 N–H and O–H groups in total. The highest BCUT2D eigenvalue weighted by atomic mass is 16.3. The minimum Gasteiger partial charge on any atom is -0.390 e. The van der Waals surface area contributed by atoms with E-state index in [0.717, 1.165) is 28.3 Å². The molecule has 0 saturated heterocycles. The summed E-state index contributed by atoms with van der Waals surface area (Å²) in [5.41, 5.74) is 3.59. The molecule has 0 unspecified atom stereocenters. The van der Waals surface area contributed by atoms with Crippen LogP contribution in [-0.4, -0.2) is 30.6 Å². The number of hydrogen-bond donors (Lipinski definition) is 1. The maximum atomic E-state index is 9.98. The smallest absolute Gasteiger partial charge is 0.133 e. The molecule has 0 fully saturated rings. The van der Waals surface area contributed by atoms with Crippen molar-refractivity contribution in [1.82, 2.24) is 19.9 Å². The van der Waals surface area contributed by atoms with Crippen LogP contribution < -0.4 is 0 Å². The van der Waals surface area contributed by atoms with Crippen LogP contribution in [0.2, 0.25) is 0 Å². The summed E-state index contributed by atoms with van der Waals surface area (Å²) in [5.74, 6) is 1.65. The average molecular weight is 402 g/mol. The van der Waals surface area contributed by atoms with Crippen molar-refractivity contribution < 1.29 is 5.11 Å². The third-order valence-corrected chi connectivity index (χ3v) is 4.80. The molecule has 0 amide bonds. The molecule has 0 aliphatic rings. The Bertz CT molecular complexity index is 1050. The Hall–Kier alpha value is -3.17. The van der Waals surface area contributed by atoms with Gasteiger partial charge in [0.25, 0.3) is 0 Å². The lowest BCUT2D eigenvalue weighted by Gasteiger charge is -2.17. The van der Waals surface area contributed by atoms with Gasteiger partial charge in [0, 0.05) is 30.8 Å². The molecule has 0 saturated carbocycles. The number of hydrogen-bond acceptors (Lipinski definition) is 6. The van der Waals surface area contributed by atoms with E-state index < -0.39 is 5.60 Å². The number of nitrogens with zero attached hydrogens (tertiary/aromatic N) is 5. The minimum absolute atomic E-state index is 0.209. The van der Waals surface area contributed by atoms with E-state index in [0.29, 0.717) is 30.7 Å². The average Bonchev–Trinajstić information content (AvgIpc) is 2.72. The molecular weight excluding hydrogens is 374 g/mol. The fourth-order valence-electron chi connectivity index (χ4n) is 3.12. The number of nitriles is 1. The number of benzene rings is 1. The van der Waals surface area contributed by atoms with Crippen molar-refractivity contribution >= 4 is 0 Å². The Morgan fingerprint density at radius 2 is 1.77 bits per heavy atom. The Labute approximate surface area is 177 Å². The van der Waals surface area contributed by atoms with Crippen LogP contribution in [0.5, 0.6) is 0 Å². The maximum absolute atomic E-state index is 9.98.